The van der Waals surface area contributed by atoms with Gasteiger partial charge in [0.05, 0.1) is 5.56 Å². The second-order valence-corrected chi connectivity index (χ2v) is 39.2. The van der Waals surface area contributed by atoms with Gasteiger partial charge in [-0.05, 0) is 302 Å². The maximum Gasteiger partial charge on any atom is 0.573 e. The van der Waals surface area contributed by atoms with Crippen molar-refractivity contribution >= 4 is 18.2 Å². The zero-order valence-corrected chi connectivity index (χ0v) is 86.9. The Hall–Kier alpha value is -15.3. The Morgan fingerprint density at radius 1 is 0.231 bits per heavy atom. The zero-order chi connectivity index (χ0) is 106. The Labute approximate surface area is 859 Å². The molecule has 0 amide bonds. The van der Waals surface area contributed by atoms with Crippen molar-refractivity contribution in [2.75, 3.05) is 0 Å². The third kappa shape index (κ3) is 35.6. The molecule has 0 atom stereocenters. The number of allylic oxidation sites excluding steroid dienone is 3. The van der Waals surface area contributed by atoms with Crippen LogP contribution in [0.5, 0.6) is 109 Å². The van der Waals surface area contributed by atoms with Crippen molar-refractivity contribution in [3.8, 4) is 131 Å². The molecule has 0 saturated heterocycles. The van der Waals surface area contributed by atoms with Crippen molar-refractivity contribution in [3.63, 3.8) is 0 Å². The molecule has 147 heavy (non-hydrogen) atoms. The Balaban J connectivity index is 0.000000175. The summed E-state index contributed by atoms with van der Waals surface area (Å²) in [6.45, 7) is 42.4. The maximum absolute atomic E-state index is 12.4. The van der Waals surface area contributed by atoms with Crippen molar-refractivity contribution in [2.45, 2.75) is 205 Å². The molecule has 0 saturated carbocycles. The third-order valence-electron chi connectivity index (χ3n) is 22.9. The van der Waals surface area contributed by atoms with Crippen molar-refractivity contribution < 1.29 is 91.6 Å². The van der Waals surface area contributed by atoms with Crippen molar-refractivity contribution in [2.24, 2.45) is 0 Å². The van der Waals surface area contributed by atoms with Crippen LogP contribution in [0.3, 0.4) is 0 Å². The summed E-state index contributed by atoms with van der Waals surface area (Å²) in [6.07, 6.45) is 1.14. The summed E-state index contributed by atoms with van der Waals surface area (Å²) >= 11 is 0. The first-order chi connectivity index (χ1) is 69.7. The Bertz CT molecular complexity index is 6790. The molecule has 11 nitrogen and oxygen atoms in total. The Morgan fingerprint density at radius 2 is 0.490 bits per heavy atom. The van der Waals surface area contributed by atoms with Gasteiger partial charge in [-0.1, -0.05) is 309 Å². The summed E-state index contributed by atoms with van der Waals surface area (Å²) in [4.78, 5) is 0. The van der Waals surface area contributed by atoms with Crippen LogP contribution < -0.4 is 52.1 Å². The lowest BCUT2D eigenvalue weighted by Gasteiger charge is -2.20. The van der Waals surface area contributed by atoms with E-state index in [0.717, 1.165) is 128 Å². The molecule has 0 aliphatic heterocycles. The van der Waals surface area contributed by atoms with Gasteiger partial charge in [-0.25, -0.2) is 0 Å². The lowest BCUT2D eigenvalue weighted by molar-refractivity contribution is -0.275. The molecule has 0 spiro atoms. The van der Waals surface area contributed by atoms with Crippen LogP contribution in [0.4, 0.5) is 39.5 Å². The third-order valence-corrected chi connectivity index (χ3v) is 22.9. The summed E-state index contributed by atoms with van der Waals surface area (Å²) in [5.74, 6) is 10.7. The molecule has 15 aromatic carbocycles. The maximum atomic E-state index is 12.4. The minimum absolute atomic E-state index is 0.0521. The molecule has 0 aromatic heterocycles. The van der Waals surface area contributed by atoms with E-state index in [1.54, 1.807) is 36.4 Å². The molecule has 0 aliphatic rings. The summed E-state index contributed by atoms with van der Waals surface area (Å²) in [5, 5.41) is 0. The molecule has 0 aliphatic carbocycles. The van der Waals surface area contributed by atoms with E-state index >= 15 is 0 Å². The van der Waals surface area contributed by atoms with Crippen LogP contribution in [-0.2, 0) is 34.5 Å². The molecule has 0 N–H and O–H groups in total. The average Bonchev–Trinajstić information content (AvgIpc) is 0.806. The first-order valence-corrected chi connectivity index (χ1v) is 48.8. The first-order valence-electron chi connectivity index (χ1n) is 48.8. The lowest BCUT2D eigenvalue weighted by atomic mass is 9.87. The van der Waals surface area contributed by atoms with E-state index in [1.165, 1.54) is 87.5 Å². The standard InChI is InChI=1S/C26H27F3O2.C26H25F3O2.C26H30O2.C26H28O2.C23H19F3O3/c2*1-5-7-23-22(18-10-14-21(15-11-18)31-26(27,28)29)8-6-9-24(23)30-20-16-12-19(13-17-20)25(2,3)4;2*1-6-7-20-10-15-24(27-22-13-8-19(2)9-14-22)18-25(20)28-23-16-11-21(12-17-23)26(3,4)5;1-3-5-20-21(27-17-10-8-16(2)9-11-17)6-4-7-22(20)28-18-12-14-19(15-13-18)29-23(24,25)26/h6,8-17H,5,7H2,1-4H3;5-17H,1-4H3;8-18H,6-7H2,1-5H3;6-18H,1-5H3;3-15H,1-2H3/b;7-5+;;7-6+;5-3+. The number of halogens is 9. The number of ether oxygens (including phenoxy) is 11. The van der Waals surface area contributed by atoms with E-state index in [4.69, 9.17) is 37.9 Å². The van der Waals surface area contributed by atoms with E-state index in [1.807, 2.05) is 258 Å². The number of rotatable bonds is 28. The number of hydrogen-bond acceptors (Lipinski definition) is 11. The van der Waals surface area contributed by atoms with Gasteiger partial charge in [0.25, 0.3) is 0 Å². The molecule has 766 valence electrons. The van der Waals surface area contributed by atoms with Crippen molar-refractivity contribution in [1.82, 2.24) is 0 Å². The fraction of sp³-hybridized carbons (Fsp3) is 0.244. The van der Waals surface area contributed by atoms with Crippen LogP contribution in [0, 0.1) is 20.8 Å². The van der Waals surface area contributed by atoms with Gasteiger partial charge < -0.3 is 52.1 Å². The van der Waals surface area contributed by atoms with Gasteiger partial charge in [-0.15, -0.1) is 39.5 Å². The fourth-order valence-electron chi connectivity index (χ4n) is 15.2. The van der Waals surface area contributed by atoms with Crippen LogP contribution in [0.1, 0.15) is 197 Å². The summed E-state index contributed by atoms with van der Waals surface area (Å²) < 4.78 is 172. The minimum Gasteiger partial charge on any atom is -0.457 e. The topological polar surface area (TPSA) is 102 Å². The molecule has 0 radical (unpaired) electrons. The highest BCUT2D eigenvalue weighted by atomic mass is 19.4. The quantitative estimate of drug-likeness (QED) is 0.0438. The largest absolute Gasteiger partial charge is 0.573 e. The summed E-state index contributed by atoms with van der Waals surface area (Å²) in [7, 11) is 0. The second-order valence-electron chi connectivity index (χ2n) is 39.2. The van der Waals surface area contributed by atoms with Gasteiger partial charge in [0.1, 0.15) is 109 Å². The summed E-state index contributed by atoms with van der Waals surface area (Å²) in [5.41, 5.74) is 17.1. The Morgan fingerprint density at radius 3 is 0.837 bits per heavy atom. The number of aryl methyl sites for hydroxylation is 4. The minimum atomic E-state index is -4.73. The molecule has 0 bridgehead atoms. The predicted octanol–water partition coefficient (Wildman–Crippen LogP) is 39.9. The van der Waals surface area contributed by atoms with Crippen LogP contribution in [0.25, 0.3) is 40.5 Å². The zero-order valence-electron chi connectivity index (χ0n) is 86.9. The molecule has 15 aromatic rings. The van der Waals surface area contributed by atoms with Gasteiger partial charge >= 0.3 is 19.1 Å². The monoisotopic (exact) mass is 2000 g/mol. The van der Waals surface area contributed by atoms with E-state index in [9.17, 15) is 39.5 Å². The van der Waals surface area contributed by atoms with E-state index in [0.29, 0.717) is 40.1 Å². The highest BCUT2D eigenvalue weighted by Gasteiger charge is 2.34. The van der Waals surface area contributed by atoms with Crippen LogP contribution in [0.2, 0.25) is 0 Å². The highest BCUT2D eigenvalue weighted by Crippen LogP contribution is 2.44. The normalized spacial score (nSPS) is 11.7. The molecular formula is C127H129F9O11. The average molecular weight is 2000 g/mol. The van der Waals surface area contributed by atoms with Gasteiger partial charge in [-0.3, -0.25) is 0 Å². The van der Waals surface area contributed by atoms with Gasteiger partial charge in [0.15, 0.2) is 0 Å². The number of hydrogen-bond donors (Lipinski definition) is 0. The number of alkyl halides is 9. The van der Waals surface area contributed by atoms with E-state index in [-0.39, 0.29) is 38.9 Å². The van der Waals surface area contributed by atoms with E-state index in [2.05, 4.69) is 180 Å². The molecule has 15 rings (SSSR count). The molecule has 0 fully saturated rings. The van der Waals surface area contributed by atoms with E-state index < -0.39 is 19.1 Å². The molecule has 20 heteroatoms. The van der Waals surface area contributed by atoms with Crippen LogP contribution in [0.15, 0.2) is 352 Å². The van der Waals surface area contributed by atoms with Gasteiger partial charge in [0, 0.05) is 28.8 Å². The molecule has 0 heterocycles. The first kappa shape index (κ1) is 112. The Kier molecular flexibility index (Phi) is 38.8. The van der Waals surface area contributed by atoms with Gasteiger partial charge in [-0.2, -0.15) is 0 Å². The lowest BCUT2D eigenvalue weighted by Crippen LogP contribution is -2.16. The van der Waals surface area contributed by atoms with Crippen LogP contribution in [-0.4, -0.2) is 19.1 Å². The van der Waals surface area contributed by atoms with Crippen molar-refractivity contribution in [3.05, 3.63) is 419 Å². The smallest absolute Gasteiger partial charge is 0.457 e. The highest BCUT2D eigenvalue weighted by molar-refractivity contribution is 5.80. The van der Waals surface area contributed by atoms with Crippen molar-refractivity contribution in [1.29, 1.82) is 0 Å². The van der Waals surface area contributed by atoms with Gasteiger partial charge in [0.2, 0.25) is 0 Å². The predicted molar refractivity (Wildman–Crippen MR) is 576 cm³/mol. The second kappa shape index (κ2) is 51.0. The number of benzene rings is 15. The SMILES string of the molecule is C/C=C/c1c(Oc2ccc(C(C)(C)C)cc2)cccc1-c1ccc(OC(F)(F)F)cc1.C/C=C/c1c(Oc2ccc(C)cc2)cccc1Oc1ccc(OC(F)(F)F)cc1.C/C=C/c1ccc(Oc2ccc(C)cc2)cc1Oc1ccc(C(C)(C)C)cc1.CCCc1c(Oc2ccc(C(C)(C)C)cc2)cccc1-c1ccc(OC(F)(F)F)cc1.CCCc1ccc(Oc2ccc(C)cc2)cc1Oc1ccc(C(C)(C)C)cc1. The fourth-order valence-corrected chi connectivity index (χ4v) is 15.2. The summed E-state index contributed by atoms with van der Waals surface area (Å²) in [6, 6.07) is 102. The molecule has 0 unspecified atom stereocenters. The molecular weight excluding hydrogens is 1870 g/mol. The van der Waals surface area contributed by atoms with Crippen LogP contribution >= 0.6 is 0 Å².